The van der Waals surface area contributed by atoms with Gasteiger partial charge >= 0.3 is 39.5 Å². The first-order valence-corrected chi connectivity index (χ1v) is 41.8. The molecule has 0 rings (SSSR count). The van der Waals surface area contributed by atoms with Gasteiger partial charge in [0.2, 0.25) is 0 Å². The maximum atomic E-state index is 13.1. The van der Waals surface area contributed by atoms with E-state index in [1.54, 1.807) is 0 Å². The molecule has 0 bridgehead atoms. The Morgan fingerprint density at radius 3 is 0.755 bits per heavy atom. The lowest BCUT2D eigenvalue weighted by atomic mass is 9.99. The number of phosphoric acid groups is 2. The maximum Gasteiger partial charge on any atom is 0.472 e. The minimum Gasteiger partial charge on any atom is -0.462 e. The summed E-state index contributed by atoms with van der Waals surface area (Å²) in [5, 5.41) is 10.6. The lowest BCUT2D eigenvalue weighted by molar-refractivity contribution is -0.161. The molecule has 0 radical (unpaired) electrons. The van der Waals surface area contributed by atoms with Crippen molar-refractivity contribution < 1.29 is 80.2 Å². The van der Waals surface area contributed by atoms with E-state index in [0.717, 1.165) is 120 Å². The number of rotatable bonds is 72. The second-order valence-corrected chi connectivity index (χ2v) is 31.1. The highest BCUT2D eigenvalue weighted by Gasteiger charge is 2.30. The standard InChI is InChI=1S/C75H146O17P2/c1-9-66(6)52-44-36-28-22-18-14-12-13-15-19-23-31-41-49-57-74(79)92-71(62-86-73(78)56-48-40-34-33-38-46-54-68(8)11-3)64-90-94(83,84)88-60-69(76)59-87-93(81,82)89-63-70(61-85-72(77)55-47-39-30-26-25-29-37-45-53-67(7)10-2)91-75(80)58-50-42-32-24-20-16-17-21-27-35-43-51-65(4)5/h65-71,76H,9-64H2,1-8H3,(H,81,82)(H,83,84)/t66?,67?,68?,69-,70-,71-/m1/s1. The summed E-state index contributed by atoms with van der Waals surface area (Å²) in [6.45, 7) is 14.2. The van der Waals surface area contributed by atoms with Gasteiger partial charge in [-0.05, 0) is 49.4 Å². The molecule has 0 spiro atoms. The van der Waals surface area contributed by atoms with Crippen molar-refractivity contribution in [2.45, 2.75) is 395 Å². The zero-order chi connectivity index (χ0) is 69.6. The van der Waals surface area contributed by atoms with E-state index in [-0.39, 0.29) is 25.7 Å². The van der Waals surface area contributed by atoms with Gasteiger partial charge in [0.1, 0.15) is 19.3 Å². The smallest absolute Gasteiger partial charge is 0.462 e. The number of hydrogen-bond acceptors (Lipinski definition) is 15. The molecule has 17 nitrogen and oxygen atoms in total. The summed E-state index contributed by atoms with van der Waals surface area (Å²) in [6, 6.07) is 0. The second-order valence-electron chi connectivity index (χ2n) is 28.2. The average molecular weight is 1380 g/mol. The minimum atomic E-state index is -4.96. The highest BCUT2D eigenvalue weighted by Crippen LogP contribution is 2.45. The highest BCUT2D eigenvalue weighted by molar-refractivity contribution is 7.47. The third-order valence-electron chi connectivity index (χ3n) is 18.4. The van der Waals surface area contributed by atoms with Gasteiger partial charge in [-0.3, -0.25) is 37.3 Å². The average Bonchev–Trinajstić information content (AvgIpc) is 1.90. The van der Waals surface area contributed by atoms with E-state index in [2.05, 4.69) is 55.4 Å². The van der Waals surface area contributed by atoms with Crippen LogP contribution in [-0.2, 0) is 65.4 Å². The van der Waals surface area contributed by atoms with Gasteiger partial charge in [0, 0.05) is 25.7 Å². The van der Waals surface area contributed by atoms with Gasteiger partial charge in [0.15, 0.2) is 12.2 Å². The predicted molar refractivity (Wildman–Crippen MR) is 381 cm³/mol. The van der Waals surface area contributed by atoms with Crippen LogP contribution in [0.3, 0.4) is 0 Å². The Morgan fingerprint density at radius 2 is 0.511 bits per heavy atom. The number of ether oxygens (including phenoxy) is 4. The fourth-order valence-electron chi connectivity index (χ4n) is 11.3. The molecule has 8 atom stereocenters. The van der Waals surface area contributed by atoms with E-state index < -0.39 is 97.5 Å². The van der Waals surface area contributed by atoms with Crippen molar-refractivity contribution >= 4 is 39.5 Å². The van der Waals surface area contributed by atoms with Crippen LogP contribution in [0.1, 0.15) is 376 Å². The Hall–Kier alpha value is -1.94. The Bertz CT molecular complexity index is 1860. The summed E-state index contributed by atoms with van der Waals surface area (Å²) in [7, 11) is -9.91. The molecule has 0 aromatic rings. The molecule has 3 N–H and O–H groups in total. The van der Waals surface area contributed by atoms with Crippen molar-refractivity contribution in [3.8, 4) is 0 Å². The lowest BCUT2D eigenvalue weighted by Crippen LogP contribution is -2.30. The van der Waals surface area contributed by atoms with Crippen molar-refractivity contribution in [1.82, 2.24) is 0 Å². The van der Waals surface area contributed by atoms with Crippen LogP contribution in [-0.4, -0.2) is 96.7 Å². The Balaban J connectivity index is 5.25. The molecule has 5 unspecified atom stereocenters. The Morgan fingerprint density at radius 1 is 0.298 bits per heavy atom. The molecule has 0 aliphatic heterocycles. The molecule has 0 heterocycles. The fourth-order valence-corrected chi connectivity index (χ4v) is 12.9. The molecule has 0 aromatic carbocycles. The van der Waals surface area contributed by atoms with Gasteiger partial charge < -0.3 is 33.8 Å². The van der Waals surface area contributed by atoms with E-state index in [1.807, 2.05) is 0 Å². The van der Waals surface area contributed by atoms with E-state index in [0.29, 0.717) is 25.7 Å². The summed E-state index contributed by atoms with van der Waals surface area (Å²) in [5.41, 5.74) is 0. The third-order valence-corrected chi connectivity index (χ3v) is 20.3. The van der Waals surface area contributed by atoms with Crippen LogP contribution < -0.4 is 0 Å². The quantitative estimate of drug-likeness (QED) is 0.0222. The molecule has 19 heteroatoms. The predicted octanol–water partition coefficient (Wildman–Crippen LogP) is 21.7. The highest BCUT2D eigenvalue weighted by atomic mass is 31.2. The summed E-state index contributed by atoms with van der Waals surface area (Å²) < 4.78 is 68.5. The third kappa shape index (κ3) is 64.7. The van der Waals surface area contributed by atoms with E-state index in [1.165, 1.54) is 173 Å². The van der Waals surface area contributed by atoms with Crippen LogP contribution in [0.2, 0.25) is 0 Å². The summed E-state index contributed by atoms with van der Waals surface area (Å²) in [4.78, 5) is 72.8. The Kier molecular flexibility index (Phi) is 63.1. The van der Waals surface area contributed by atoms with Crippen LogP contribution in [0, 0.1) is 23.7 Å². The number of carbonyl (C=O) groups excluding carboxylic acids is 4. The first kappa shape index (κ1) is 92.1. The number of carbonyl (C=O) groups is 4. The monoisotopic (exact) mass is 1380 g/mol. The number of phosphoric ester groups is 2. The molecule has 0 saturated heterocycles. The van der Waals surface area contributed by atoms with Gasteiger partial charge in [-0.15, -0.1) is 0 Å². The molecule has 558 valence electrons. The zero-order valence-corrected chi connectivity index (χ0v) is 63.4. The van der Waals surface area contributed by atoms with Crippen LogP contribution in [0.5, 0.6) is 0 Å². The molecule has 0 aromatic heterocycles. The SMILES string of the molecule is CCC(C)CCCCCCCCCCCCCCCCC(=O)O[C@H](COC(=O)CCCCCCCCC(C)CC)COP(=O)(O)OC[C@H](O)COP(=O)(O)OC[C@@H](COC(=O)CCCCCCCCCCC(C)CC)OC(=O)CCCCCCCCCCCCCC(C)C. The summed E-state index contributed by atoms with van der Waals surface area (Å²) in [6.07, 6.45) is 48.4. The molecule has 0 fully saturated rings. The van der Waals surface area contributed by atoms with E-state index in [9.17, 15) is 43.2 Å². The number of unbranched alkanes of at least 4 members (excludes halogenated alkanes) is 35. The van der Waals surface area contributed by atoms with Gasteiger partial charge in [-0.2, -0.15) is 0 Å². The van der Waals surface area contributed by atoms with Crippen LogP contribution in [0.15, 0.2) is 0 Å². The lowest BCUT2D eigenvalue weighted by Gasteiger charge is -2.21. The molecule has 0 saturated carbocycles. The largest absolute Gasteiger partial charge is 0.472 e. The second kappa shape index (κ2) is 64.4. The van der Waals surface area contributed by atoms with Crippen molar-refractivity contribution in [2.75, 3.05) is 39.6 Å². The minimum absolute atomic E-state index is 0.105. The van der Waals surface area contributed by atoms with E-state index in [4.69, 9.17) is 37.0 Å². The number of esters is 4. The number of aliphatic hydroxyl groups is 1. The fraction of sp³-hybridized carbons (Fsp3) is 0.947. The van der Waals surface area contributed by atoms with Gasteiger partial charge in [-0.25, -0.2) is 9.13 Å². The summed E-state index contributed by atoms with van der Waals surface area (Å²) >= 11 is 0. The van der Waals surface area contributed by atoms with Gasteiger partial charge in [-0.1, -0.05) is 325 Å². The van der Waals surface area contributed by atoms with Crippen LogP contribution in [0.25, 0.3) is 0 Å². The van der Waals surface area contributed by atoms with Crippen molar-refractivity contribution in [3.63, 3.8) is 0 Å². The molecule has 0 aliphatic carbocycles. The molecular formula is C75H146O17P2. The van der Waals surface area contributed by atoms with E-state index >= 15 is 0 Å². The Labute approximate surface area is 575 Å². The van der Waals surface area contributed by atoms with Gasteiger partial charge in [0.05, 0.1) is 26.4 Å². The van der Waals surface area contributed by atoms with Crippen molar-refractivity contribution in [1.29, 1.82) is 0 Å². The first-order valence-electron chi connectivity index (χ1n) is 38.8. The van der Waals surface area contributed by atoms with Gasteiger partial charge in [0.25, 0.3) is 0 Å². The first-order chi connectivity index (χ1) is 45.2. The van der Waals surface area contributed by atoms with Crippen LogP contribution >= 0.6 is 15.6 Å². The summed E-state index contributed by atoms with van der Waals surface area (Å²) in [5.74, 6) is 0.996. The molecular weight excluding hydrogens is 1230 g/mol. The molecule has 0 aliphatic rings. The normalized spacial score (nSPS) is 15.0. The number of hydrogen-bond donors (Lipinski definition) is 3. The topological polar surface area (TPSA) is 237 Å². The molecule has 94 heavy (non-hydrogen) atoms. The number of aliphatic hydroxyl groups excluding tert-OH is 1. The van der Waals surface area contributed by atoms with Crippen molar-refractivity contribution in [3.05, 3.63) is 0 Å². The van der Waals surface area contributed by atoms with Crippen LogP contribution in [0.4, 0.5) is 0 Å². The molecule has 0 amide bonds. The zero-order valence-electron chi connectivity index (χ0n) is 61.6. The maximum absolute atomic E-state index is 13.1. The van der Waals surface area contributed by atoms with Crippen molar-refractivity contribution in [2.24, 2.45) is 23.7 Å².